The van der Waals surface area contributed by atoms with Crippen molar-refractivity contribution in [2.75, 3.05) is 0 Å². The van der Waals surface area contributed by atoms with Crippen LogP contribution in [0.2, 0.25) is 0 Å². The van der Waals surface area contributed by atoms with Gasteiger partial charge in [-0.25, -0.2) is 0 Å². The third-order valence-corrected chi connectivity index (χ3v) is 1.27. The van der Waals surface area contributed by atoms with Crippen molar-refractivity contribution in [3.8, 4) is 6.07 Å². The molecule has 0 saturated heterocycles. The van der Waals surface area contributed by atoms with Gasteiger partial charge >= 0.3 is 6.17 Å². The molecule has 0 N–H and O–H groups in total. The molecule has 1 unspecified atom stereocenters. The van der Waals surface area contributed by atoms with Gasteiger partial charge in [0.05, 0.1) is 21.8 Å². The third kappa shape index (κ3) is 2.92. The number of hydrogen-bond donors (Lipinski definition) is 0. The Hall–Kier alpha value is -1.71. The summed E-state index contributed by atoms with van der Waals surface area (Å²) in [6.45, 7) is 1.40. The Kier molecular flexibility index (Phi) is 3.62. The molecule has 1 atom stereocenters. The van der Waals surface area contributed by atoms with Crippen molar-refractivity contribution in [1.82, 2.24) is 0 Å². The first-order valence-electron chi connectivity index (χ1n) is 3.15. The summed E-state index contributed by atoms with van der Waals surface area (Å²) in [6, 6.07) is 1.70. The molecule has 0 amide bonds. The monoisotopic (exact) mass is 173 g/mol. The van der Waals surface area contributed by atoms with Crippen LogP contribution >= 0.6 is 0 Å². The third-order valence-electron chi connectivity index (χ3n) is 1.27. The molecule has 0 spiro atoms. The van der Waals surface area contributed by atoms with Gasteiger partial charge in [-0.3, -0.25) is 20.2 Å². The van der Waals surface area contributed by atoms with E-state index in [1.807, 2.05) is 0 Å². The smallest absolute Gasteiger partial charge is 0.259 e. The lowest BCUT2D eigenvalue weighted by Crippen LogP contribution is -2.30. The van der Waals surface area contributed by atoms with E-state index in [4.69, 9.17) is 5.26 Å². The van der Waals surface area contributed by atoms with Gasteiger partial charge in [0.25, 0.3) is 0 Å². The number of hydrogen-bond acceptors (Lipinski definition) is 5. The second-order valence-corrected chi connectivity index (χ2v) is 2.32. The summed E-state index contributed by atoms with van der Waals surface area (Å²) in [4.78, 5) is 18.1. The Morgan fingerprint density at radius 2 is 1.83 bits per heavy atom. The standard InChI is InChI=1S/C5H7N3O4/c1-4(3-6)2-5(7(9)10)8(11)12/h4-5H,2H2,1H3. The molecule has 7 heteroatoms. The molecule has 0 aliphatic heterocycles. The van der Waals surface area contributed by atoms with E-state index < -0.39 is 21.9 Å². The predicted molar refractivity (Wildman–Crippen MR) is 37.2 cm³/mol. The summed E-state index contributed by atoms with van der Waals surface area (Å²) in [7, 11) is 0. The molecule has 0 aromatic carbocycles. The second kappa shape index (κ2) is 4.23. The van der Waals surface area contributed by atoms with Crippen LogP contribution in [0, 0.1) is 37.5 Å². The van der Waals surface area contributed by atoms with Crippen LogP contribution in [-0.4, -0.2) is 16.0 Å². The molecule has 0 aromatic heterocycles. The van der Waals surface area contributed by atoms with Gasteiger partial charge in [0.15, 0.2) is 0 Å². The lowest BCUT2D eigenvalue weighted by molar-refractivity contribution is -0.743. The average Bonchev–Trinajstić information content (AvgIpc) is 1.98. The molecule has 0 aliphatic rings. The van der Waals surface area contributed by atoms with E-state index in [1.54, 1.807) is 6.07 Å². The highest BCUT2D eigenvalue weighted by Gasteiger charge is 2.33. The van der Waals surface area contributed by atoms with Crippen LogP contribution in [0.3, 0.4) is 0 Å². The summed E-state index contributed by atoms with van der Waals surface area (Å²) >= 11 is 0. The van der Waals surface area contributed by atoms with Crippen LogP contribution in [0.25, 0.3) is 0 Å². The SMILES string of the molecule is CC(C#N)CC([N+](=O)[O-])[N+](=O)[O-]. The van der Waals surface area contributed by atoms with Gasteiger partial charge < -0.3 is 0 Å². The Balaban J connectivity index is 4.26. The van der Waals surface area contributed by atoms with Crippen LogP contribution in [0.1, 0.15) is 13.3 Å². The first kappa shape index (κ1) is 10.3. The van der Waals surface area contributed by atoms with Gasteiger partial charge in [-0.05, 0) is 6.92 Å². The Morgan fingerprint density at radius 3 is 2.08 bits per heavy atom. The van der Waals surface area contributed by atoms with Crippen LogP contribution in [0.4, 0.5) is 0 Å². The number of rotatable bonds is 4. The highest BCUT2D eigenvalue weighted by atomic mass is 16.7. The van der Waals surface area contributed by atoms with Crippen molar-refractivity contribution in [3.05, 3.63) is 20.2 Å². The van der Waals surface area contributed by atoms with E-state index in [0.29, 0.717) is 0 Å². The van der Waals surface area contributed by atoms with Crippen molar-refractivity contribution < 1.29 is 9.85 Å². The van der Waals surface area contributed by atoms with E-state index in [-0.39, 0.29) is 6.42 Å². The molecule has 0 fully saturated rings. The summed E-state index contributed by atoms with van der Waals surface area (Å²) in [5.74, 6) is -0.675. The number of nitrogens with zero attached hydrogens (tertiary/aromatic N) is 3. The number of nitriles is 1. The maximum absolute atomic E-state index is 10.0. The first-order chi connectivity index (χ1) is 5.49. The van der Waals surface area contributed by atoms with Crippen LogP contribution in [0.5, 0.6) is 0 Å². The second-order valence-electron chi connectivity index (χ2n) is 2.32. The topological polar surface area (TPSA) is 110 Å². The van der Waals surface area contributed by atoms with Gasteiger partial charge in [0, 0.05) is 0 Å². The Labute approximate surface area is 67.9 Å². The Morgan fingerprint density at radius 1 is 1.42 bits per heavy atom. The highest BCUT2D eigenvalue weighted by Crippen LogP contribution is 2.07. The molecule has 0 saturated carbocycles. The van der Waals surface area contributed by atoms with Crippen molar-refractivity contribution >= 4 is 0 Å². The van der Waals surface area contributed by atoms with E-state index >= 15 is 0 Å². The zero-order valence-corrected chi connectivity index (χ0v) is 6.34. The summed E-state index contributed by atoms with van der Waals surface area (Å²) in [5.41, 5.74) is 0. The normalized spacial score (nSPS) is 12.1. The van der Waals surface area contributed by atoms with Crippen LogP contribution < -0.4 is 0 Å². The first-order valence-corrected chi connectivity index (χ1v) is 3.15. The molecule has 0 bridgehead atoms. The summed E-state index contributed by atoms with van der Waals surface area (Å²) in [6.07, 6.45) is -2.21. The molecule has 0 heterocycles. The fourth-order valence-electron chi connectivity index (χ4n) is 0.618. The quantitative estimate of drug-likeness (QED) is 0.347. The minimum absolute atomic E-state index is 0.351. The van der Waals surface area contributed by atoms with Crippen LogP contribution in [-0.2, 0) is 0 Å². The minimum atomic E-state index is -1.86. The molecule has 0 aliphatic carbocycles. The van der Waals surface area contributed by atoms with Crippen molar-refractivity contribution in [2.45, 2.75) is 19.5 Å². The zero-order valence-electron chi connectivity index (χ0n) is 6.34. The van der Waals surface area contributed by atoms with Crippen molar-refractivity contribution in [3.63, 3.8) is 0 Å². The van der Waals surface area contributed by atoms with Gasteiger partial charge in [-0.1, -0.05) is 0 Å². The predicted octanol–water partition coefficient (Wildman–Crippen LogP) is 0.416. The number of nitro groups is 2. The van der Waals surface area contributed by atoms with E-state index in [9.17, 15) is 20.2 Å². The molecule has 0 rings (SSSR count). The lowest BCUT2D eigenvalue weighted by atomic mass is 10.1. The fraction of sp³-hybridized carbons (Fsp3) is 0.800. The maximum Gasteiger partial charge on any atom is 0.452 e. The highest BCUT2D eigenvalue weighted by molar-refractivity contribution is 4.78. The fourth-order valence-corrected chi connectivity index (χ4v) is 0.618. The summed E-state index contributed by atoms with van der Waals surface area (Å²) < 4.78 is 0. The average molecular weight is 173 g/mol. The van der Waals surface area contributed by atoms with Gasteiger partial charge in [0.1, 0.15) is 6.42 Å². The molecular weight excluding hydrogens is 166 g/mol. The van der Waals surface area contributed by atoms with E-state index in [2.05, 4.69) is 0 Å². The minimum Gasteiger partial charge on any atom is -0.259 e. The molecule has 7 nitrogen and oxygen atoms in total. The molecule has 66 valence electrons. The summed E-state index contributed by atoms with van der Waals surface area (Å²) in [5, 5.41) is 28.3. The van der Waals surface area contributed by atoms with Crippen molar-refractivity contribution in [1.29, 1.82) is 5.26 Å². The lowest BCUT2D eigenvalue weighted by Gasteiger charge is -2.01. The maximum atomic E-state index is 10.0. The molecule has 0 radical (unpaired) electrons. The van der Waals surface area contributed by atoms with Gasteiger partial charge in [0.2, 0.25) is 0 Å². The van der Waals surface area contributed by atoms with E-state index in [0.717, 1.165) is 0 Å². The van der Waals surface area contributed by atoms with Crippen LogP contribution in [0.15, 0.2) is 0 Å². The van der Waals surface area contributed by atoms with E-state index in [1.165, 1.54) is 6.92 Å². The van der Waals surface area contributed by atoms with Crippen molar-refractivity contribution in [2.24, 2.45) is 5.92 Å². The largest absolute Gasteiger partial charge is 0.452 e. The zero-order chi connectivity index (χ0) is 9.72. The van der Waals surface area contributed by atoms with Gasteiger partial charge in [-0.15, -0.1) is 0 Å². The molecular formula is C5H7N3O4. The molecule has 0 aromatic rings. The van der Waals surface area contributed by atoms with Gasteiger partial charge in [-0.2, -0.15) is 5.26 Å². The molecule has 12 heavy (non-hydrogen) atoms. The Bertz CT molecular complexity index is 219.